The van der Waals surface area contributed by atoms with E-state index in [2.05, 4.69) is 19.2 Å². The van der Waals surface area contributed by atoms with Crippen molar-refractivity contribution in [3.63, 3.8) is 0 Å². The summed E-state index contributed by atoms with van der Waals surface area (Å²) in [6, 6.07) is 9.60. The lowest BCUT2D eigenvalue weighted by Gasteiger charge is -2.17. The number of carbonyl (C=O) groups excluding carboxylic acids is 2. The molecule has 1 N–H and O–H groups in total. The lowest BCUT2D eigenvalue weighted by Crippen LogP contribution is -2.29. The van der Waals surface area contributed by atoms with Gasteiger partial charge in [-0.25, -0.2) is 4.79 Å². The standard InChI is InChI=1S/C20H23NO3S/c1-4-14(2)17-7-5-6-8-18(17)21-20(23)15(3)24-19(22)10-9-16-11-12-25-13-16/h5-15H,4H2,1-3H3,(H,21,23)/b10-9+/t14-,15-/m0/s1. The fourth-order valence-electron chi connectivity index (χ4n) is 2.30. The second kappa shape index (κ2) is 9.18. The second-order valence-electron chi connectivity index (χ2n) is 5.85. The zero-order chi connectivity index (χ0) is 18.2. The van der Waals surface area contributed by atoms with E-state index in [0.717, 1.165) is 23.2 Å². The molecule has 0 aliphatic carbocycles. The van der Waals surface area contributed by atoms with E-state index in [1.165, 1.54) is 6.08 Å². The predicted molar refractivity (Wildman–Crippen MR) is 103 cm³/mol. The number of hydrogen-bond donors (Lipinski definition) is 1. The molecule has 0 spiro atoms. The number of carbonyl (C=O) groups is 2. The highest BCUT2D eigenvalue weighted by Gasteiger charge is 2.18. The Balaban J connectivity index is 1.95. The zero-order valence-corrected chi connectivity index (χ0v) is 15.5. The van der Waals surface area contributed by atoms with Crippen LogP contribution in [0.2, 0.25) is 0 Å². The summed E-state index contributed by atoms with van der Waals surface area (Å²) in [4.78, 5) is 24.2. The van der Waals surface area contributed by atoms with Crippen LogP contribution in [0.15, 0.2) is 47.2 Å². The summed E-state index contributed by atoms with van der Waals surface area (Å²) in [6.07, 6.45) is 3.11. The van der Waals surface area contributed by atoms with Gasteiger partial charge in [0.25, 0.3) is 5.91 Å². The van der Waals surface area contributed by atoms with E-state index < -0.39 is 12.1 Å². The Labute approximate surface area is 152 Å². The van der Waals surface area contributed by atoms with Crippen molar-refractivity contribution in [2.24, 2.45) is 0 Å². The van der Waals surface area contributed by atoms with E-state index in [1.807, 2.05) is 41.1 Å². The molecule has 1 heterocycles. The summed E-state index contributed by atoms with van der Waals surface area (Å²) in [5.74, 6) is -0.542. The Kier molecular flexibility index (Phi) is 6.95. The number of ether oxygens (including phenoxy) is 1. The maximum absolute atomic E-state index is 12.3. The Morgan fingerprint density at radius 2 is 2.00 bits per heavy atom. The lowest BCUT2D eigenvalue weighted by molar-refractivity contribution is -0.148. The fraction of sp³-hybridized carbons (Fsp3) is 0.300. The van der Waals surface area contributed by atoms with E-state index in [1.54, 1.807) is 24.3 Å². The number of hydrogen-bond acceptors (Lipinski definition) is 4. The first-order chi connectivity index (χ1) is 12.0. The number of anilines is 1. The van der Waals surface area contributed by atoms with Crippen LogP contribution in [0, 0.1) is 0 Å². The van der Waals surface area contributed by atoms with Crippen molar-refractivity contribution in [2.75, 3.05) is 5.32 Å². The third-order valence-electron chi connectivity index (χ3n) is 3.98. The normalized spacial score (nSPS) is 13.4. The average molecular weight is 357 g/mol. The predicted octanol–water partition coefficient (Wildman–Crippen LogP) is 4.85. The van der Waals surface area contributed by atoms with Crippen molar-refractivity contribution in [2.45, 2.75) is 39.2 Å². The van der Waals surface area contributed by atoms with Gasteiger partial charge in [0.15, 0.2) is 6.10 Å². The molecule has 1 amide bonds. The van der Waals surface area contributed by atoms with Crippen LogP contribution in [-0.2, 0) is 14.3 Å². The van der Waals surface area contributed by atoms with Gasteiger partial charge >= 0.3 is 5.97 Å². The summed E-state index contributed by atoms with van der Waals surface area (Å²) in [5, 5.41) is 6.71. The van der Waals surface area contributed by atoms with Gasteiger partial charge in [-0.2, -0.15) is 11.3 Å². The van der Waals surface area contributed by atoms with E-state index in [4.69, 9.17) is 4.74 Å². The molecule has 2 rings (SSSR count). The largest absolute Gasteiger partial charge is 0.449 e. The van der Waals surface area contributed by atoms with Gasteiger partial charge in [0.1, 0.15) is 0 Å². The molecular weight excluding hydrogens is 334 g/mol. The molecule has 0 aliphatic heterocycles. The Morgan fingerprint density at radius 1 is 1.24 bits per heavy atom. The number of nitrogens with one attached hydrogen (secondary N) is 1. The van der Waals surface area contributed by atoms with Crippen LogP contribution in [0.1, 0.15) is 44.2 Å². The molecule has 0 saturated heterocycles. The van der Waals surface area contributed by atoms with Crippen molar-refractivity contribution in [3.8, 4) is 0 Å². The Morgan fingerprint density at radius 3 is 2.68 bits per heavy atom. The molecule has 132 valence electrons. The maximum Gasteiger partial charge on any atom is 0.331 e. The van der Waals surface area contributed by atoms with Gasteiger partial charge in [-0.15, -0.1) is 0 Å². The van der Waals surface area contributed by atoms with Gasteiger partial charge in [0.2, 0.25) is 0 Å². The molecule has 0 aliphatic rings. The van der Waals surface area contributed by atoms with Crippen LogP contribution in [-0.4, -0.2) is 18.0 Å². The molecular formula is C20H23NO3S. The first-order valence-corrected chi connectivity index (χ1v) is 9.26. The van der Waals surface area contributed by atoms with E-state index in [9.17, 15) is 9.59 Å². The minimum absolute atomic E-state index is 0.336. The van der Waals surface area contributed by atoms with Gasteiger partial charge < -0.3 is 10.1 Å². The minimum atomic E-state index is -0.871. The minimum Gasteiger partial charge on any atom is -0.449 e. The van der Waals surface area contributed by atoms with Crippen molar-refractivity contribution in [3.05, 3.63) is 58.3 Å². The maximum atomic E-state index is 12.3. The summed E-state index contributed by atoms with van der Waals surface area (Å²) < 4.78 is 5.17. The summed E-state index contributed by atoms with van der Waals surface area (Å²) in [6.45, 7) is 5.79. The monoisotopic (exact) mass is 357 g/mol. The van der Waals surface area contributed by atoms with Gasteiger partial charge in [0, 0.05) is 11.8 Å². The van der Waals surface area contributed by atoms with Gasteiger partial charge in [0.05, 0.1) is 0 Å². The first-order valence-electron chi connectivity index (χ1n) is 8.32. The Hall–Kier alpha value is -2.40. The molecule has 0 unspecified atom stereocenters. The third kappa shape index (κ3) is 5.57. The molecule has 2 atom stereocenters. The molecule has 1 aromatic carbocycles. The van der Waals surface area contributed by atoms with Crippen LogP contribution < -0.4 is 5.32 Å². The highest BCUT2D eigenvalue weighted by molar-refractivity contribution is 7.08. The molecule has 5 heteroatoms. The zero-order valence-electron chi connectivity index (χ0n) is 14.7. The van der Waals surface area contributed by atoms with E-state index >= 15 is 0 Å². The molecule has 2 aromatic rings. The van der Waals surface area contributed by atoms with Crippen molar-refractivity contribution >= 4 is 35.0 Å². The van der Waals surface area contributed by atoms with Gasteiger partial charge in [-0.1, -0.05) is 32.0 Å². The number of benzene rings is 1. The van der Waals surface area contributed by atoms with Crippen molar-refractivity contribution < 1.29 is 14.3 Å². The van der Waals surface area contributed by atoms with Gasteiger partial charge in [-0.3, -0.25) is 4.79 Å². The van der Waals surface area contributed by atoms with Crippen LogP contribution in [0.3, 0.4) is 0 Å². The Bertz CT molecular complexity index is 737. The molecule has 1 aromatic heterocycles. The van der Waals surface area contributed by atoms with Gasteiger partial charge in [-0.05, 0) is 59.4 Å². The van der Waals surface area contributed by atoms with E-state index in [0.29, 0.717) is 5.92 Å². The SMILES string of the molecule is CC[C@H](C)c1ccccc1NC(=O)[C@H](C)OC(=O)/C=C/c1ccsc1. The van der Waals surface area contributed by atoms with Crippen molar-refractivity contribution in [1.82, 2.24) is 0 Å². The first kappa shape index (κ1) is 18.9. The molecule has 0 saturated carbocycles. The van der Waals surface area contributed by atoms with Crippen LogP contribution in [0.25, 0.3) is 6.08 Å². The molecule has 0 radical (unpaired) electrons. The number of rotatable bonds is 7. The number of amides is 1. The highest BCUT2D eigenvalue weighted by atomic mass is 32.1. The summed E-state index contributed by atoms with van der Waals surface area (Å²) >= 11 is 1.55. The number of thiophene rings is 1. The summed E-state index contributed by atoms with van der Waals surface area (Å²) in [5.41, 5.74) is 2.77. The highest BCUT2D eigenvalue weighted by Crippen LogP contribution is 2.26. The summed E-state index contributed by atoms with van der Waals surface area (Å²) in [7, 11) is 0. The van der Waals surface area contributed by atoms with E-state index in [-0.39, 0.29) is 5.91 Å². The van der Waals surface area contributed by atoms with Crippen molar-refractivity contribution in [1.29, 1.82) is 0 Å². The van der Waals surface area contributed by atoms with Crippen LogP contribution >= 0.6 is 11.3 Å². The molecule has 4 nitrogen and oxygen atoms in total. The smallest absolute Gasteiger partial charge is 0.331 e. The fourth-order valence-corrected chi connectivity index (χ4v) is 2.92. The number of para-hydroxylation sites is 1. The quantitative estimate of drug-likeness (QED) is 0.569. The second-order valence-corrected chi connectivity index (χ2v) is 6.63. The molecule has 0 bridgehead atoms. The third-order valence-corrected chi connectivity index (χ3v) is 4.68. The number of esters is 1. The molecule has 25 heavy (non-hydrogen) atoms. The topological polar surface area (TPSA) is 55.4 Å². The molecule has 0 fully saturated rings. The lowest BCUT2D eigenvalue weighted by atomic mass is 9.97. The van der Waals surface area contributed by atoms with Crippen LogP contribution in [0.4, 0.5) is 5.69 Å². The van der Waals surface area contributed by atoms with Crippen LogP contribution in [0.5, 0.6) is 0 Å². The average Bonchev–Trinajstić information content (AvgIpc) is 3.13.